The highest BCUT2D eigenvalue weighted by atomic mass is 16.3. The number of anilines is 1. The molecule has 0 unspecified atom stereocenters. The Morgan fingerprint density at radius 1 is 1.04 bits per heavy atom. The Bertz CT molecular complexity index is 755. The monoisotopic (exact) mass is 307 g/mol. The Morgan fingerprint density at radius 3 is 2.43 bits per heavy atom. The van der Waals surface area contributed by atoms with E-state index < -0.39 is 0 Å². The molecule has 0 aliphatic rings. The van der Waals surface area contributed by atoms with Crippen LogP contribution in [0.5, 0.6) is 0 Å². The van der Waals surface area contributed by atoms with Crippen LogP contribution in [0.2, 0.25) is 0 Å². The highest BCUT2D eigenvalue weighted by Gasteiger charge is 2.19. The first-order valence-electron chi connectivity index (χ1n) is 7.72. The average Bonchev–Trinajstić information content (AvgIpc) is 3.04. The van der Waals surface area contributed by atoms with E-state index in [0.717, 1.165) is 28.5 Å². The van der Waals surface area contributed by atoms with Gasteiger partial charge in [-0.25, -0.2) is 4.98 Å². The predicted octanol–water partition coefficient (Wildman–Crippen LogP) is 4.65. The van der Waals surface area contributed by atoms with E-state index >= 15 is 0 Å². The summed E-state index contributed by atoms with van der Waals surface area (Å²) in [4.78, 5) is 8.88. The van der Waals surface area contributed by atoms with Crippen molar-refractivity contribution in [2.24, 2.45) is 0 Å². The zero-order valence-electron chi connectivity index (χ0n) is 13.7. The van der Waals surface area contributed by atoms with Crippen molar-refractivity contribution in [1.82, 2.24) is 9.97 Å². The smallest absolute Gasteiger partial charge is 0.199 e. The van der Waals surface area contributed by atoms with Gasteiger partial charge in [0.05, 0.1) is 17.9 Å². The molecule has 0 aliphatic carbocycles. The molecule has 0 aliphatic heterocycles. The zero-order valence-corrected chi connectivity index (χ0v) is 13.7. The van der Waals surface area contributed by atoms with Gasteiger partial charge < -0.3 is 9.73 Å². The van der Waals surface area contributed by atoms with Crippen LogP contribution in [0, 0.1) is 0 Å². The lowest BCUT2D eigenvalue weighted by Gasteiger charge is -2.11. The van der Waals surface area contributed by atoms with Gasteiger partial charge in [-0.3, -0.25) is 4.98 Å². The Balaban J connectivity index is 1.64. The number of oxazole rings is 1. The third-order valence-electron chi connectivity index (χ3n) is 3.51. The first kappa shape index (κ1) is 15.3. The van der Waals surface area contributed by atoms with Gasteiger partial charge in [-0.15, -0.1) is 0 Å². The lowest BCUT2D eigenvalue weighted by Crippen LogP contribution is -2.11. The summed E-state index contributed by atoms with van der Waals surface area (Å²) in [5, 5.41) is 3.36. The summed E-state index contributed by atoms with van der Waals surface area (Å²) in [5.41, 5.74) is 3.97. The maximum atomic E-state index is 5.54. The van der Waals surface area contributed by atoms with Crippen LogP contribution >= 0.6 is 0 Å². The first-order chi connectivity index (χ1) is 11.0. The van der Waals surface area contributed by atoms with Gasteiger partial charge in [-0.2, -0.15) is 0 Å². The topological polar surface area (TPSA) is 51.0 Å². The quantitative estimate of drug-likeness (QED) is 0.762. The molecule has 2 heterocycles. The Morgan fingerprint density at radius 2 is 1.83 bits per heavy atom. The maximum Gasteiger partial charge on any atom is 0.199 e. The van der Waals surface area contributed by atoms with Gasteiger partial charge in [-0.1, -0.05) is 39.0 Å². The van der Waals surface area contributed by atoms with Gasteiger partial charge in [0.25, 0.3) is 0 Å². The molecule has 118 valence electrons. The second-order valence-electron chi connectivity index (χ2n) is 6.54. The number of pyridine rings is 1. The van der Waals surface area contributed by atoms with Crippen LogP contribution in [-0.4, -0.2) is 9.97 Å². The number of rotatable bonds is 4. The van der Waals surface area contributed by atoms with Crippen LogP contribution < -0.4 is 5.32 Å². The molecule has 0 saturated carbocycles. The van der Waals surface area contributed by atoms with E-state index in [4.69, 9.17) is 4.42 Å². The minimum absolute atomic E-state index is 0.0669. The van der Waals surface area contributed by atoms with Gasteiger partial charge >= 0.3 is 0 Å². The van der Waals surface area contributed by atoms with E-state index in [1.54, 1.807) is 12.5 Å². The Labute approximate surface area is 136 Å². The van der Waals surface area contributed by atoms with E-state index in [2.05, 4.69) is 60.3 Å². The fourth-order valence-corrected chi connectivity index (χ4v) is 2.22. The lowest BCUT2D eigenvalue weighted by atomic mass is 9.97. The molecule has 4 nitrogen and oxygen atoms in total. The van der Waals surface area contributed by atoms with Crippen molar-refractivity contribution >= 4 is 5.69 Å². The third kappa shape index (κ3) is 3.77. The summed E-state index contributed by atoms with van der Waals surface area (Å²) in [6, 6.07) is 14.1. The number of benzene rings is 1. The summed E-state index contributed by atoms with van der Waals surface area (Å²) in [7, 11) is 0. The summed E-state index contributed by atoms with van der Waals surface area (Å²) in [6.07, 6.45) is 3.52. The highest BCUT2D eigenvalue weighted by molar-refractivity contribution is 5.62. The number of hydrogen-bond acceptors (Lipinski definition) is 4. The molecule has 2 aromatic heterocycles. The molecule has 0 fully saturated rings. The number of nitrogens with zero attached hydrogens (tertiary/aromatic N) is 2. The molecule has 0 atom stereocenters. The van der Waals surface area contributed by atoms with Crippen molar-refractivity contribution in [2.45, 2.75) is 32.7 Å². The number of hydrogen-bond donors (Lipinski definition) is 1. The van der Waals surface area contributed by atoms with Gasteiger partial charge in [0.1, 0.15) is 6.26 Å². The lowest BCUT2D eigenvalue weighted by molar-refractivity contribution is 0.392. The van der Waals surface area contributed by atoms with Crippen molar-refractivity contribution < 1.29 is 4.42 Å². The summed E-state index contributed by atoms with van der Waals surface area (Å²) in [5.74, 6) is 0.764. The van der Waals surface area contributed by atoms with Crippen molar-refractivity contribution in [1.29, 1.82) is 0 Å². The molecule has 3 rings (SSSR count). The van der Waals surface area contributed by atoms with Crippen LogP contribution in [0.25, 0.3) is 11.3 Å². The van der Waals surface area contributed by atoms with Gasteiger partial charge in [0.2, 0.25) is 0 Å². The minimum atomic E-state index is -0.0669. The molecular formula is C19H21N3O. The second kappa shape index (κ2) is 6.24. The van der Waals surface area contributed by atoms with Crippen molar-refractivity contribution in [3.05, 3.63) is 66.5 Å². The van der Waals surface area contributed by atoms with Crippen LogP contribution in [0.1, 0.15) is 32.4 Å². The molecule has 1 N–H and O–H groups in total. The van der Waals surface area contributed by atoms with Crippen LogP contribution in [0.4, 0.5) is 5.69 Å². The standard InChI is InChI=1S/C19H21N3O/c1-19(2,3)18-22-16(13-23-18)12-21-15-9-7-14(8-10-15)17-6-4-5-11-20-17/h4-11,13,21H,12H2,1-3H3. The summed E-state index contributed by atoms with van der Waals surface area (Å²) < 4.78 is 5.54. The van der Waals surface area contributed by atoms with E-state index in [-0.39, 0.29) is 5.41 Å². The predicted molar refractivity (Wildman–Crippen MR) is 92.2 cm³/mol. The SMILES string of the molecule is CC(C)(C)c1nc(CNc2ccc(-c3ccccn3)cc2)co1. The Kier molecular flexibility index (Phi) is 4.15. The fourth-order valence-electron chi connectivity index (χ4n) is 2.22. The molecule has 4 heteroatoms. The van der Waals surface area contributed by atoms with Gasteiger partial charge in [-0.05, 0) is 24.3 Å². The molecule has 0 amide bonds. The molecule has 0 bridgehead atoms. The molecule has 23 heavy (non-hydrogen) atoms. The van der Waals surface area contributed by atoms with Gasteiger partial charge in [0, 0.05) is 22.9 Å². The highest BCUT2D eigenvalue weighted by Crippen LogP contribution is 2.22. The molecule has 0 saturated heterocycles. The molecule has 0 spiro atoms. The average molecular weight is 307 g/mol. The largest absolute Gasteiger partial charge is 0.448 e. The molecule has 1 aromatic carbocycles. The normalized spacial score (nSPS) is 11.4. The van der Waals surface area contributed by atoms with E-state index in [0.29, 0.717) is 6.54 Å². The fraction of sp³-hybridized carbons (Fsp3) is 0.263. The van der Waals surface area contributed by atoms with E-state index in [9.17, 15) is 0 Å². The first-order valence-corrected chi connectivity index (χ1v) is 7.72. The summed E-state index contributed by atoms with van der Waals surface area (Å²) in [6.45, 7) is 6.91. The van der Waals surface area contributed by atoms with Crippen LogP contribution in [-0.2, 0) is 12.0 Å². The second-order valence-corrected chi connectivity index (χ2v) is 6.54. The van der Waals surface area contributed by atoms with Gasteiger partial charge in [0.15, 0.2) is 5.89 Å². The molecular weight excluding hydrogens is 286 g/mol. The Hall–Kier alpha value is -2.62. The van der Waals surface area contributed by atoms with Crippen molar-refractivity contribution in [2.75, 3.05) is 5.32 Å². The molecule has 3 aromatic rings. The number of nitrogens with one attached hydrogen (secondary N) is 1. The third-order valence-corrected chi connectivity index (χ3v) is 3.51. The van der Waals surface area contributed by atoms with Crippen molar-refractivity contribution in [3.8, 4) is 11.3 Å². The zero-order chi connectivity index (χ0) is 16.3. The van der Waals surface area contributed by atoms with E-state index in [1.807, 2.05) is 18.2 Å². The van der Waals surface area contributed by atoms with Crippen molar-refractivity contribution in [3.63, 3.8) is 0 Å². The maximum absolute atomic E-state index is 5.54. The minimum Gasteiger partial charge on any atom is -0.448 e. The summed E-state index contributed by atoms with van der Waals surface area (Å²) >= 11 is 0. The van der Waals surface area contributed by atoms with Crippen LogP contribution in [0.15, 0.2) is 59.3 Å². The molecule has 0 radical (unpaired) electrons. The van der Waals surface area contributed by atoms with Crippen LogP contribution in [0.3, 0.4) is 0 Å². The van der Waals surface area contributed by atoms with E-state index in [1.165, 1.54) is 0 Å². The number of aromatic nitrogens is 2.